The van der Waals surface area contributed by atoms with E-state index in [1.165, 1.54) is 0 Å². The Balaban J connectivity index is 1.58. The van der Waals surface area contributed by atoms with Gasteiger partial charge in [-0.05, 0) is 25.1 Å². The summed E-state index contributed by atoms with van der Waals surface area (Å²) < 4.78 is 7.74. The third-order valence-electron chi connectivity index (χ3n) is 3.74. The van der Waals surface area contributed by atoms with Gasteiger partial charge < -0.3 is 19.9 Å². The van der Waals surface area contributed by atoms with Gasteiger partial charge in [0.15, 0.2) is 0 Å². The number of carbonyl (C=O) groups excluding carboxylic acids is 1. The number of imidazole rings is 1. The van der Waals surface area contributed by atoms with Gasteiger partial charge in [-0.2, -0.15) is 0 Å². The molecule has 1 atom stereocenters. The third kappa shape index (κ3) is 3.65. The summed E-state index contributed by atoms with van der Waals surface area (Å²) in [5.41, 5.74) is 0.727. The lowest BCUT2D eigenvalue weighted by molar-refractivity contribution is -0.119. The van der Waals surface area contributed by atoms with Crippen molar-refractivity contribution in [3.63, 3.8) is 0 Å². The minimum atomic E-state index is 0.0407. The fraction of sp³-hybridized carbons (Fsp3) is 0.375. The molecule has 1 unspecified atom stereocenters. The fourth-order valence-corrected chi connectivity index (χ4v) is 2.49. The van der Waals surface area contributed by atoms with Crippen LogP contribution in [0.3, 0.4) is 0 Å². The molecule has 0 saturated carbocycles. The second kappa shape index (κ2) is 7.09. The van der Waals surface area contributed by atoms with Gasteiger partial charge in [-0.1, -0.05) is 12.1 Å². The summed E-state index contributed by atoms with van der Waals surface area (Å²) in [7, 11) is 0. The molecule has 1 aliphatic heterocycles. The largest absolute Gasteiger partial charge is 0.490 e. The van der Waals surface area contributed by atoms with Gasteiger partial charge in [-0.25, -0.2) is 4.98 Å². The van der Waals surface area contributed by atoms with E-state index in [1.54, 1.807) is 12.5 Å². The van der Waals surface area contributed by atoms with Crippen molar-refractivity contribution in [2.45, 2.75) is 13.0 Å². The molecule has 0 bridgehead atoms. The molecule has 22 heavy (non-hydrogen) atoms. The second-order valence-electron chi connectivity index (χ2n) is 5.32. The van der Waals surface area contributed by atoms with Crippen molar-refractivity contribution in [3.05, 3.63) is 43.0 Å². The first-order valence-corrected chi connectivity index (χ1v) is 7.52. The lowest BCUT2D eigenvalue weighted by atomic mass is 10.1. The predicted octanol–water partition coefficient (Wildman–Crippen LogP) is 1.51. The van der Waals surface area contributed by atoms with Gasteiger partial charge >= 0.3 is 0 Å². The highest BCUT2D eigenvalue weighted by Gasteiger charge is 2.23. The molecular weight excluding hydrogens is 280 g/mol. The molecular formula is C16H20N4O2. The van der Waals surface area contributed by atoms with Crippen molar-refractivity contribution in [2.24, 2.45) is 5.92 Å². The van der Waals surface area contributed by atoms with Gasteiger partial charge in [-0.15, -0.1) is 0 Å². The Morgan fingerprint density at radius 2 is 2.36 bits per heavy atom. The number of ether oxygens (including phenoxy) is 1. The van der Waals surface area contributed by atoms with E-state index in [0.29, 0.717) is 12.4 Å². The maximum Gasteiger partial charge on any atom is 0.228 e. The van der Waals surface area contributed by atoms with Gasteiger partial charge in [-0.3, -0.25) is 4.79 Å². The maximum atomic E-state index is 12.2. The van der Waals surface area contributed by atoms with Gasteiger partial charge in [0.1, 0.15) is 12.4 Å². The van der Waals surface area contributed by atoms with Crippen molar-refractivity contribution in [3.8, 4) is 5.75 Å². The molecule has 3 rings (SSSR count). The molecule has 1 saturated heterocycles. The zero-order chi connectivity index (χ0) is 15.2. The average Bonchev–Trinajstić information content (AvgIpc) is 3.22. The summed E-state index contributed by atoms with van der Waals surface area (Å²) in [6.45, 7) is 2.89. The van der Waals surface area contributed by atoms with Crippen LogP contribution in [-0.4, -0.2) is 35.2 Å². The van der Waals surface area contributed by atoms with Crippen LogP contribution in [-0.2, 0) is 11.3 Å². The molecule has 2 N–H and O–H groups in total. The van der Waals surface area contributed by atoms with Crippen LogP contribution < -0.4 is 15.4 Å². The molecule has 116 valence electrons. The summed E-state index contributed by atoms with van der Waals surface area (Å²) in [4.78, 5) is 16.2. The van der Waals surface area contributed by atoms with Crippen LogP contribution in [0.5, 0.6) is 5.75 Å². The van der Waals surface area contributed by atoms with Crippen LogP contribution in [0.4, 0.5) is 5.69 Å². The van der Waals surface area contributed by atoms with Crippen molar-refractivity contribution in [2.75, 3.05) is 25.0 Å². The summed E-state index contributed by atoms with van der Waals surface area (Å²) in [6, 6.07) is 7.54. The fourth-order valence-electron chi connectivity index (χ4n) is 2.49. The van der Waals surface area contributed by atoms with Gasteiger partial charge in [0.05, 0.1) is 24.5 Å². The molecule has 0 spiro atoms. The van der Waals surface area contributed by atoms with Crippen LogP contribution in [0.2, 0.25) is 0 Å². The molecule has 1 aromatic heterocycles. The van der Waals surface area contributed by atoms with E-state index in [4.69, 9.17) is 4.74 Å². The number of nitrogens with zero attached hydrogens (tertiary/aromatic N) is 2. The first-order valence-electron chi connectivity index (χ1n) is 7.52. The molecule has 1 fully saturated rings. The molecule has 1 aromatic carbocycles. The van der Waals surface area contributed by atoms with E-state index in [-0.39, 0.29) is 11.8 Å². The summed E-state index contributed by atoms with van der Waals surface area (Å²) >= 11 is 0. The van der Waals surface area contributed by atoms with Crippen LogP contribution in [0.15, 0.2) is 43.0 Å². The summed E-state index contributed by atoms with van der Waals surface area (Å²) in [5.74, 6) is 0.789. The number of amides is 1. The van der Waals surface area contributed by atoms with Crippen molar-refractivity contribution in [1.82, 2.24) is 14.9 Å². The van der Waals surface area contributed by atoms with Gasteiger partial charge in [0.25, 0.3) is 0 Å². The number of nitrogens with one attached hydrogen (secondary N) is 2. The van der Waals surface area contributed by atoms with E-state index in [1.807, 2.05) is 35.0 Å². The second-order valence-corrected chi connectivity index (χ2v) is 5.32. The van der Waals surface area contributed by atoms with E-state index in [2.05, 4.69) is 15.6 Å². The van der Waals surface area contributed by atoms with Gasteiger partial charge in [0.2, 0.25) is 5.91 Å². The Bertz CT molecular complexity index is 606. The lowest BCUT2D eigenvalue weighted by Crippen LogP contribution is -2.25. The number of anilines is 1. The van der Waals surface area contributed by atoms with E-state index in [9.17, 15) is 4.79 Å². The van der Waals surface area contributed by atoms with Crippen LogP contribution in [0.25, 0.3) is 0 Å². The first kappa shape index (κ1) is 14.6. The smallest absolute Gasteiger partial charge is 0.228 e. The predicted molar refractivity (Wildman–Crippen MR) is 83.8 cm³/mol. The number of benzene rings is 1. The van der Waals surface area contributed by atoms with E-state index in [0.717, 1.165) is 31.7 Å². The molecule has 0 aliphatic carbocycles. The van der Waals surface area contributed by atoms with Crippen molar-refractivity contribution in [1.29, 1.82) is 0 Å². The Morgan fingerprint density at radius 3 is 3.14 bits per heavy atom. The number of hydrogen-bond acceptors (Lipinski definition) is 4. The van der Waals surface area contributed by atoms with E-state index >= 15 is 0 Å². The molecule has 6 nitrogen and oxygen atoms in total. The van der Waals surface area contributed by atoms with Crippen molar-refractivity contribution >= 4 is 11.6 Å². The number of aromatic nitrogens is 2. The highest BCUT2D eigenvalue weighted by Crippen LogP contribution is 2.25. The quantitative estimate of drug-likeness (QED) is 0.848. The lowest BCUT2D eigenvalue weighted by Gasteiger charge is -2.14. The standard InChI is InChI=1S/C16H20N4O2/c21-16(13-5-6-17-11-13)19-14-3-1-2-4-15(14)22-10-9-20-8-7-18-12-20/h1-4,7-8,12-13,17H,5-6,9-11H2,(H,19,21). The molecule has 0 radical (unpaired) electrons. The minimum Gasteiger partial charge on any atom is -0.490 e. The maximum absolute atomic E-state index is 12.2. The highest BCUT2D eigenvalue weighted by molar-refractivity contribution is 5.94. The zero-order valence-corrected chi connectivity index (χ0v) is 12.4. The molecule has 1 aliphatic rings. The number of para-hydroxylation sites is 2. The monoisotopic (exact) mass is 300 g/mol. The normalized spacial score (nSPS) is 17.4. The van der Waals surface area contributed by atoms with Gasteiger partial charge in [0, 0.05) is 18.9 Å². The van der Waals surface area contributed by atoms with Crippen LogP contribution >= 0.6 is 0 Å². The highest BCUT2D eigenvalue weighted by atomic mass is 16.5. The van der Waals surface area contributed by atoms with E-state index < -0.39 is 0 Å². The summed E-state index contributed by atoms with van der Waals surface area (Å²) in [6.07, 6.45) is 6.27. The molecule has 2 aromatic rings. The van der Waals surface area contributed by atoms with Crippen LogP contribution in [0.1, 0.15) is 6.42 Å². The number of rotatable bonds is 6. The third-order valence-corrected chi connectivity index (χ3v) is 3.74. The SMILES string of the molecule is O=C(Nc1ccccc1OCCn1ccnc1)C1CCNC1. The number of carbonyl (C=O) groups is 1. The summed E-state index contributed by atoms with van der Waals surface area (Å²) in [5, 5.41) is 6.18. The first-order chi connectivity index (χ1) is 10.8. The zero-order valence-electron chi connectivity index (χ0n) is 12.4. The Morgan fingerprint density at radius 1 is 1.45 bits per heavy atom. The van der Waals surface area contributed by atoms with Crippen LogP contribution in [0, 0.1) is 5.92 Å². The number of hydrogen-bond donors (Lipinski definition) is 2. The Hall–Kier alpha value is -2.34. The topological polar surface area (TPSA) is 68.2 Å². The molecule has 1 amide bonds. The minimum absolute atomic E-state index is 0.0407. The Labute approximate surface area is 129 Å². The Kier molecular flexibility index (Phi) is 4.70. The van der Waals surface area contributed by atoms with Crippen molar-refractivity contribution < 1.29 is 9.53 Å². The average molecular weight is 300 g/mol. The molecule has 6 heteroatoms. The molecule has 2 heterocycles.